The number of carbonyl (C=O) groups is 1. The minimum absolute atomic E-state index is 0.102. The van der Waals surface area contributed by atoms with Crippen molar-refractivity contribution < 1.29 is 9.53 Å². The molecule has 4 nitrogen and oxygen atoms in total. The molecular formula is C12H24N2O2. The highest BCUT2D eigenvalue weighted by atomic mass is 16.5. The molecule has 0 aromatic rings. The summed E-state index contributed by atoms with van der Waals surface area (Å²) < 4.78 is 5.42. The number of nitrogens with one attached hydrogen (secondary N) is 1. The number of carbonyl (C=O) groups excluding carboxylic acids is 1. The fraction of sp³-hybridized carbons (Fsp3) is 0.917. The molecule has 4 heteroatoms. The van der Waals surface area contributed by atoms with Crippen molar-refractivity contribution in [2.24, 2.45) is 11.7 Å². The van der Waals surface area contributed by atoms with Gasteiger partial charge < -0.3 is 15.8 Å². The first-order chi connectivity index (χ1) is 7.62. The van der Waals surface area contributed by atoms with Crippen molar-refractivity contribution in [3.63, 3.8) is 0 Å². The molecule has 0 aromatic heterocycles. The predicted molar refractivity (Wildman–Crippen MR) is 64.1 cm³/mol. The lowest BCUT2D eigenvalue weighted by Gasteiger charge is -2.40. The third kappa shape index (κ3) is 3.76. The van der Waals surface area contributed by atoms with E-state index in [0.717, 1.165) is 25.8 Å². The normalized spacial score (nSPS) is 19.9. The first-order valence-electron chi connectivity index (χ1n) is 6.14. The van der Waals surface area contributed by atoms with Crippen molar-refractivity contribution in [3.8, 4) is 0 Å². The second-order valence-corrected chi connectivity index (χ2v) is 4.90. The molecule has 16 heavy (non-hydrogen) atoms. The van der Waals surface area contributed by atoms with E-state index in [1.165, 1.54) is 6.42 Å². The topological polar surface area (TPSA) is 64.3 Å². The molecule has 0 heterocycles. The molecule has 1 atom stereocenters. The van der Waals surface area contributed by atoms with Gasteiger partial charge in [-0.1, -0.05) is 6.92 Å². The molecule has 1 rings (SSSR count). The van der Waals surface area contributed by atoms with E-state index >= 15 is 0 Å². The number of hydrogen-bond acceptors (Lipinski definition) is 3. The van der Waals surface area contributed by atoms with E-state index in [-0.39, 0.29) is 11.5 Å². The summed E-state index contributed by atoms with van der Waals surface area (Å²) in [7, 11) is 1.70. The van der Waals surface area contributed by atoms with Gasteiger partial charge in [-0.05, 0) is 38.1 Å². The summed E-state index contributed by atoms with van der Waals surface area (Å²) in [6, 6.07) is 0. The van der Waals surface area contributed by atoms with Gasteiger partial charge in [-0.2, -0.15) is 0 Å². The quantitative estimate of drug-likeness (QED) is 0.684. The Hall–Kier alpha value is -0.610. The number of amides is 1. The van der Waals surface area contributed by atoms with Crippen molar-refractivity contribution in [2.45, 2.75) is 44.6 Å². The number of hydrogen-bond donors (Lipinski definition) is 2. The van der Waals surface area contributed by atoms with Crippen LogP contribution in [0.25, 0.3) is 0 Å². The number of ether oxygens (including phenoxy) is 1. The highest BCUT2D eigenvalue weighted by Crippen LogP contribution is 2.37. The second kappa shape index (κ2) is 6.21. The zero-order valence-corrected chi connectivity index (χ0v) is 10.4. The average Bonchev–Trinajstić information content (AvgIpc) is 2.21. The molecule has 94 valence electrons. The molecule has 1 unspecified atom stereocenters. The van der Waals surface area contributed by atoms with Crippen LogP contribution >= 0.6 is 0 Å². The first-order valence-corrected chi connectivity index (χ1v) is 6.14. The number of rotatable bonds is 7. The fourth-order valence-electron chi connectivity index (χ4n) is 2.05. The van der Waals surface area contributed by atoms with Crippen molar-refractivity contribution in [2.75, 3.05) is 20.2 Å². The average molecular weight is 228 g/mol. The Kier molecular flexibility index (Phi) is 5.22. The Morgan fingerprint density at radius 1 is 1.56 bits per heavy atom. The van der Waals surface area contributed by atoms with Crippen molar-refractivity contribution in [3.05, 3.63) is 0 Å². The first kappa shape index (κ1) is 13.5. The molecule has 0 radical (unpaired) electrons. The molecule has 1 fully saturated rings. The monoisotopic (exact) mass is 228 g/mol. The minimum atomic E-state index is -0.165. The number of methoxy groups -OCH3 is 1. The van der Waals surface area contributed by atoms with Crippen LogP contribution in [0.15, 0.2) is 0 Å². The van der Waals surface area contributed by atoms with Gasteiger partial charge in [0.05, 0.1) is 12.0 Å². The Bertz CT molecular complexity index is 222. The van der Waals surface area contributed by atoms with Crippen molar-refractivity contribution in [1.29, 1.82) is 0 Å². The van der Waals surface area contributed by atoms with Gasteiger partial charge in [0.15, 0.2) is 0 Å². The van der Waals surface area contributed by atoms with Crippen LogP contribution in [0.2, 0.25) is 0 Å². The maximum absolute atomic E-state index is 11.7. The molecule has 3 N–H and O–H groups in total. The van der Waals surface area contributed by atoms with E-state index in [9.17, 15) is 4.79 Å². The molecule has 0 bridgehead atoms. The van der Waals surface area contributed by atoms with Crippen LogP contribution in [0.4, 0.5) is 0 Å². The molecular weight excluding hydrogens is 204 g/mol. The summed E-state index contributed by atoms with van der Waals surface area (Å²) in [4.78, 5) is 11.7. The fourth-order valence-corrected chi connectivity index (χ4v) is 2.05. The van der Waals surface area contributed by atoms with E-state index in [4.69, 9.17) is 10.5 Å². The standard InChI is InChI=1S/C12H24N2O2/c1-10(4-7-13)9-14-11(15)8-12(16-2)5-3-6-12/h10H,3-9,13H2,1-2H3,(H,14,15). The molecule has 1 aliphatic rings. The third-order valence-electron chi connectivity index (χ3n) is 3.49. The van der Waals surface area contributed by atoms with Crippen LogP contribution < -0.4 is 11.1 Å². The molecule has 0 aliphatic heterocycles. The minimum Gasteiger partial charge on any atom is -0.378 e. The Balaban J connectivity index is 2.20. The zero-order valence-electron chi connectivity index (χ0n) is 10.4. The SMILES string of the molecule is COC1(CC(=O)NCC(C)CCN)CCC1. The smallest absolute Gasteiger partial charge is 0.222 e. The van der Waals surface area contributed by atoms with Crippen molar-refractivity contribution in [1.82, 2.24) is 5.32 Å². The summed E-state index contributed by atoms with van der Waals surface area (Å²) in [6.07, 6.45) is 4.64. The Labute approximate surface area is 97.9 Å². The van der Waals surface area contributed by atoms with Crippen LogP contribution in [0.5, 0.6) is 0 Å². The van der Waals surface area contributed by atoms with E-state index in [2.05, 4.69) is 12.2 Å². The summed E-state index contributed by atoms with van der Waals surface area (Å²) in [6.45, 7) is 3.50. The van der Waals surface area contributed by atoms with Crippen molar-refractivity contribution >= 4 is 5.91 Å². The zero-order chi connectivity index (χ0) is 12.0. The van der Waals surface area contributed by atoms with Gasteiger partial charge in [0, 0.05) is 13.7 Å². The van der Waals surface area contributed by atoms with Crippen LogP contribution in [0.3, 0.4) is 0 Å². The summed E-state index contributed by atoms with van der Waals surface area (Å²) >= 11 is 0. The van der Waals surface area contributed by atoms with Gasteiger partial charge in [-0.3, -0.25) is 4.79 Å². The maximum atomic E-state index is 11.7. The summed E-state index contributed by atoms with van der Waals surface area (Å²) in [5.74, 6) is 0.555. The molecule has 1 aliphatic carbocycles. The van der Waals surface area contributed by atoms with Gasteiger partial charge in [-0.25, -0.2) is 0 Å². The lowest BCUT2D eigenvalue weighted by atomic mass is 9.77. The Morgan fingerprint density at radius 3 is 2.69 bits per heavy atom. The lowest BCUT2D eigenvalue weighted by Crippen LogP contribution is -2.44. The molecule has 1 amide bonds. The maximum Gasteiger partial charge on any atom is 0.222 e. The second-order valence-electron chi connectivity index (χ2n) is 4.90. The van der Waals surface area contributed by atoms with Crippen LogP contribution in [0.1, 0.15) is 39.0 Å². The molecule has 0 aromatic carbocycles. The Morgan fingerprint density at radius 2 is 2.25 bits per heavy atom. The van der Waals surface area contributed by atoms with Gasteiger partial charge in [0.2, 0.25) is 5.91 Å². The lowest BCUT2D eigenvalue weighted by molar-refractivity contribution is -0.134. The van der Waals surface area contributed by atoms with Crippen LogP contribution in [-0.4, -0.2) is 31.7 Å². The highest BCUT2D eigenvalue weighted by molar-refractivity contribution is 5.77. The van der Waals surface area contributed by atoms with Gasteiger partial charge in [0.1, 0.15) is 0 Å². The van der Waals surface area contributed by atoms with Gasteiger partial charge >= 0.3 is 0 Å². The summed E-state index contributed by atoms with van der Waals surface area (Å²) in [5, 5.41) is 2.95. The van der Waals surface area contributed by atoms with E-state index in [1.807, 2.05) is 0 Å². The predicted octanol–water partition coefficient (Wildman–Crippen LogP) is 1.05. The van der Waals surface area contributed by atoms with Crippen LogP contribution in [-0.2, 0) is 9.53 Å². The van der Waals surface area contributed by atoms with Gasteiger partial charge in [-0.15, -0.1) is 0 Å². The molecule has 0 saturated heterocycles. The molecule has 1 saturated carbocycles. The molecule has 0 spiro atoms. The third-order valence-corrected chi connectivity index (χ3v) is 3.49. The summed E-state index contributed by atoms with van der Waals surface area (Å²) in [5.41, 5.74) is 5.29. The van der Waals surface area contributed by atoms with E-state index in [0.29, 0.717) is 18.9 Å². The largest absolute Gasteiger partial charge is 0.378 e. The van der Waals surface area contributed by atoms with E-state index < -0.39 is 0 Å². The van der Waals surface area contributed by atoms with Gasteiger partial charge in [0.25, 0.3) is 0 Å². The highest BCUT2D eigenvalue weighted by Gasteiger charge is 2.38. The number of nitrogens with two attached hydrogens (primary N) is 1. The van der Waals surface area contributed by atoms with Crippen LogP contribution in [0, 0.1) is 5.92 Å². The van der Waals surface area contributed by atoms with E-state index in [1.54, 1.807) is 7.11 Å².